The molecular weight excluding hydrogens is 312 g/mol. The molecule has 0 aromatic rings. The number of esters is 1. The molecule has 7 nitrogen and oxygen atoms in total. The smallest absolute Gasteiger partial charge is 0.325 e. The first-order valence-electron chi connectivity index (χ1n) is 8.23. The van der Waals surface area contributed by atoms with E-state index in [9.17, 15) is 14.4 Å². The number of nitrogens with zero attached hydrogens (tertiary/aromatic N) is 1. The van der Waals surface area contributed by atoms with Crippen molar-refractivity contribution in [2.45, 2.75) is 64.0 Å². The Morgan fingerprint density at radius 2 is 2.08 bits per heavy atom. The van der Waals surface area contributed by atoms with Crippen molar-refractivity contribution >= 4 is 17.8 Å². The summed E-state index contributed by atoms with van der Waals surface area (Å²) in [7, 11) is 0. The van der Waals surface area contributed by atoms with Crippen molar-refractivity contribution in [2.24, 2.45) is 5.92 Å². The lowest BCUT2D eigenvalue weighted by molar-refractivity contribution is -0.155. The minimum absolute atomic E-state index is 0.0779. The Kier molecular flexibility index (Phi) is 3.94. The molecule has 3 aliphatic rings. The van der Waals surface area contributed by atoms with Crippen LogP contribution in [0.2, 0.25) is 0 Å². The topological polar surface area (TPSA) is 84.9 Å². The fourth-order valence-corrected chi connectivity index (χ4v) is 3.95. The zero-order chi connectivity index (χ0) is 17.8. The van der Waals surface area contributed by atoms with Crippen molar-refractivity contribution in [1.29, 1.82) is 0 Å². The van der Waals surface area contributed by atoms with Gasteiger partial charge in [-0.25, -0.2) is 0 Å². The molecule has 1 N–H and O–H groups in total. The second-order valence-corrected chi connectivity index (χ2v) is 7.77. The van der Waals surface area contributed by atoms with Gasteiger partial charge in [0.2, 0.25) is 11.8 Å². The minimum Gasteiger partial charge on any atom is -0.456 e. The molecule has 3 aliphatic heterocycles. The zero-order valence-corrected chi connectivity index (χ0v) is 14.5. The van der Waals surface area contributed by atoms with Crippen molar-refractivity contribution in [2.75, 3.05) is 6.54 Å². The van der Waals surface area contributed by atoms with Crippen LogP contribution in [0, 0.1) is 5.92 Å². The normalized spacial score (nSPS) is 33.8. The zero-order valence-electron chi connectivity index (χ0n) is 14.5. The van der Waals surface area contributed by atoms with Crippen LogP contribution in [0.1, 0.15) is 34.1 Å². The summed E-state index contributed by atoms with van der Waals surface area (Å²) in [5, 5.41) is 2.46. The third-order valence-electron chi connectivity index (χ3n) is 4.88. The van der Waals surface area contributed by atoms with Crippen molar-refractivity contribution in [1.82, 2.24) is 10.2 Å². The number of nitrogens with one attached hydrogen (secondary N) is 1. The van der Waals surface area contributed by atoms with Gasteiger partial charge in [0, 0.05) is 11.1 Å². The largest absolute Gasteiger partial charge is 0.456 e. The molecule has 3 heterocycles. The Morgan fingerprint density at radius 1 is 1.42 bits per heavy atom. The van der Waals surface area contributed by atoms with E-state index in [2.05, 4.69) is 11.9 Å². The number of hydrogen-bond donors (Lipinski definition) is 1. The maximum absolute atomic E-state index is 12.6. The summed E-state index contributed by atoms with van der Waals surface area (Å²) in [6.45, 7) is 10.8. The van der Waals surface area contributed by atoms with Gasteiger partial charge in [0.15, 0.2) is 6.10 Å². The van der Waals surface area contributed by atoms with Crippen LogP contribution < -0.4 is 5.32 Å². The lowest BCUT2D eigenvalue weighted by atomic mass is 9.87. The number of hydrogen-bond acceptors (Lipinski definition) is 5. The quantitative estimate of drug-likeness (QED) is 0.593. The molecule has 0 saturated carbocycles. The van der Waals surface area contributed by atoms with Crippen LogP contribution in [0.25, 0.3) is 0 Å². The van der Waals surface area contributed by atoms with Gasteiger partial charge in [-0.3, -0.25) is 14.4 Å². The summed E-state index contributed by atoms with van der Waals surface area (Å²) in [5.41, 5.74) is -0.0370. The summed E-state index contributed by atoms with van der Waals surface area (Å²) in [6.07, 6.45) is -0.347. The average Bonchev–Trinajstić information content (AvgIpc) is 3.07. The molecule has 0 aromatic heterocycles. The second kappa shape index (κ2) is 5.58. The van der Waals surface area contributed by atoms with Gasteiger partial charge in [0.05, 0.1) is 24.2 Å². The van der Waals surface area contributed by atoms with E-state index in [-0.39, 0.29) is 48.1 Å². The van der Waals surface area contributed by atoms with Gasteiger partial charge in [-0.1, -0.05) is 6.58 Å². The molecule has 0 aromatic carbocycles. The third-order valence-corrected chi connectivity index (χ3v) is 4.88. The Bertz CT molecular complexity index is 609. The van der Waals surface area contributed by atoms with Crippen LogP contribution in [0.3, 0.4) is 0 Å². The molecule has 132 valence electrons. The molecule has 5 unspecified atom stereocenters. The molecule has 3 fully saturated rings. The Hall–Kier alpha value is -1.89. The lowest BCUT2D eigenvalue weighted by Gasteiger charge is -2.38. The summed E-state index contributed by atoms with van der Waals surface area (Å²) < 4.78 is 11.5. The van der Waals surface area contributed by atoms with E-state index in [1.54, 1.807) is 11.8 Å². The van der Waals surface area contributed by atoms with Crippen molar-refractivity contribution in [3.05, 3.63) is 12.2 Å². The van der Waals surface area contributed by atoms with E-state index in [0.29, 0.717) is 12.0 Å². The number of ether oxygens (including phenoxy) is 2. The molecule has 0 spiro atoms. The van der Waals surface area contributed by atoms with E-state index < -0.39 is 12.1 Å². The molecule has 3 rings (SSSR count). The first-order chi connectivity index (χ1) is 11.1. The SMILES string of the molecule is C=C(C)C(=O)NCC(=O)OC1C2CC3C(=O)N(C(C)(C)C)C1C3O2. The van der Waals surface area contributed by atoms with Gasteiger partial charge in [0.25, 0.3) is 0 Å². The molecule has 5 atom stereocenters. The number of fused-ring (bicyclic) bond motifs is 1. The van der Waals surface area contributed by atoms with Gasteiger partial charge in [-0.2, -0.15) is 0 Å². The Labute approximate surface area is 141 Å². The highest BCUT2D eigenvalue weighted by atomic mass is 16.6. The van der Waals surface area contributed by atoms with Gasteiger partial charge < -0.3 is 19.7 Å². The van der Waals surface area contributed by atoms with Crippen LogP contribution in [-0.4, -0.2) is 59.1 Å². The molecule has 3 saturated heterocycles. The van der Waals surface area contributed by atoms with Crippen molar-refractivity contribution in [3.63, 3.8) is 0 Å². The lowest BCUT2D eigenvalue weighted by Crippen LogP contribution is -2.54. The number of carbonyl (C=O) groups excluding carboxylic acids is 3. The molecule has 0 radical (unpaired) electrons. The number of amides is 2. The maximum atomic E-state index is 12.6. The highest BCUT2D eigenvalue weighted by Crippen LogP contribution is 2.50. The summed E-state index contributed by atoms with van der Waals surface area (Å²) in [5.74, 6) is -0.967. The molecule has 2 amide bonds. The minimum atomic E-state index is -0.532. The molecule has 0 aliphatic carbocycles. The standard InChI is InChI=1S/C17H24N2O5/c1-8(2)15(21)18-7-11(20)24-14-10-6-9-13(23-10)12(14)19(16(9)22)17(3,4)5/h9-10,12-14H,1,6-7H2,2-5H3,(H,18,21). The summed E-state index contributed by atoms with van der Waals surface area (Å²) in [4.78, 5) is 38.0. The van der Waals surface area contributed by atoms with Crippen LogP contribution in [0.5, 0.6) is 0 Å². The Balaban J connectivity index is 1.69. The van der Waals surface area contributed by atoms with Crippen LogP contribution in [0.15, 0.2) is 12.2 Å². The molecular formula is C17H24N2O5. The fourth-order valence-electron chi connectivity index (χ4n) is 3.95. The summed E-state index contributed by atoms with van der Waals surface area (Å²) >= 11 is 0. The maximum Gasteiger partial charge on any atom is 0.325 e. The van der Waals surface area contributed by atoms with E-state index >= 15 is 0 Å². The monoisotopic (exact) mass is 336 g/mol. The van der Waals surface area contributed by atoms with Gasteiger partial charge in [0.1, 0.15) is 6.54 Å². The molecule has 2 bridgehead atoms. The second-order valence-electron chi connectivity index (χ2n) is 7.77. The third kappa shape index (κ3) is 2.60. The summed E-state index contributed by atoms with van der Waals surface area (Å²) in [6, 6.07) is -0.248. The first kappa shape index (κ1) is 17.0. The highest BCUT2D eigenvalue weighted by Gasteiger charge is 2.67. The van der Waals surface area contributed by atoms with Crippen LogP contribution in [0.4, 0.5) is 0 Å². The number of carbonyl (C=O) groups is 3. The van der Waals surface area contributed by atoms with Crippen LogP contribution >= 0.6 is 0 Å². The van der Waals surface area contributed by atoms with E-state index in [4.69, 9.17) is 9.47 Å². The van der Waals surface area contributed by atoms with Crippen molar-refractivity contribution in [3.8, 4) is 0 Å². The predicted molar refractivity (Wildman–Crippen MR) is 84.9 cm³/mol. The van der Waals surface area contributed by atoms with Gasteiger partial charge in [-0.05, 0) is 34.1 Å². The van der Waals surface area contributed by atoms with Gasteiger partial charge in [-0.15, -0.1) is 0 Å². The van der Waals surface area contributed by atoms with Crippen LogP contribution in [-0.2, 0) is 23.9 Å². The Morgan fingerprint density at radius 3 is 2.67 bits per heavy atom. The predicted octanol–water partition coefficient (Wildman–Crippen LogP) is 0.387. The van der Waals surface area contributed by atoms with Gasteiger partial charge >= 0.3 is 5.97 Å². The molecule has 7 heteroatoms. The molecule has 24 heavy (non-hydrogen) atoms. The number of rotatable bonds is 4. The first-order valence-corrected chi connectivity index (χ1v) is 8.23. The highest BCUT2D eigenvalue weighted by molar-refractivity contribution is 5.94. The van der Waals surface area contributed by atoms with E-state index in [1.807, 2.05) is 20.8 Å². The average molecular weight is 336 g/mol. The van der Waals surface area contributed by atoms with E-state index in [0.717, 1.165) is 0 Å². The number of likely N-dealkylation sites (tertiary alicyclic amines) is 1. The van der Waals surface area contributed by atoms with Crippen molar-refractivity contribution < 1.29 is 23.9 Å². The fraction of sp³-hybridized carbons (Fsp3) is 0.706. The van der Waals surface area contributed by atoms with E-state index in [1.165, 1.54) is 0 Å².